The molecule has 3 nitrogen and oxygen atoms in total. The number of aliphatic hydroxyl groups excluding tert-OH is 1. The standard InChI is InChI=1S/C22H33NO2/c1-14-15-4-8-21(18(14)24)9-5-16-20(2)6-3-7-22(16,17(21)12-15)19-23(13-20)10-11-25-19/h15-19,24H,1,3-13H2,2H3/t15-,16+,17-,18+,19-,20-,21-,22+/m1/s1. The van der Waals surface area contributed by atoms with Crippen molar-refractivity contribution in [3.63, 3.8) is 0 Å². The molecule has 5 saturated carbocycles. The number of aliphatic hydroxyl groups is 1. The van der Waals surface area contributed by atoms with Gasteiger partial charge in [-0.2, -0.15) is 0 Å². The van der Waals surface area contributed by atoms with Crippen LogP contribution >= 0.6 is 0 Å². The molecule has 2 aliphatic heterocycles. The van der Waals surface area contributed by atoms with Gasteiger partial charge in [-0.1, -0.05) is 19.9 Å². The Labute approximate surface area is 151 Å². The summed E-state index contributed by atoms with van der Waals surface area (Å²) in [6, 6.07) is 0. The maximum atomic E-state index is 11.3. The number of hydrogen-bond donors (Lipinski definition) is 1. The van der Waals surface area contributed by atoms with E-state index in [9.17, 15) is 5.11 Å². The van der Waals surface area contributed by atoms with Gasteiger partial charge >= 0.3 is 0 Å². The van der Waals surface area contributed by atoms with Crippen LogP contribution < -0.4 is 0 Å². The van der Waals surface area contributed by atoms with Crippen LogP contribution in [0.15, 0.2) is 12.2 Å². The second kappa shape index (κ2) is 4.72. The Morgan fingerprint density at radius 1 is 1.16 bits per heavy atom. The lowest BCUT2D eigenvalue weighted by Crippen LogP contribution is -2.73. The molecule has 0 amide bonds. The van der Waals surface area contributed by atoms with Gasteiger partial charge in [-0.3, -0.25) is 4.90 Å². The molecule has 7 fully saturated rings. The molecule has 1 spiro atoms. The van der Waals surface area contributed by atoms with Crippen LogP contribution in [0.4, 0.5) is 0 Å². The average molecular weight is 344 g/mol. The minimum atomic E-state index is -0.259. The molecular weight excluding hydrogens is 310 g/mol. The first-order valence-corrected chi connectivity index (χ1v) is 10.7. The van der Waals surface area contributed by atoms with Crippen molar-refractivity contribution in [3.8, 4) is 0 Å². The summed E-state index contributed by atoms with van der Waals surface area (Å²) in [6.07, 6.45) is 10.4. The Balaban J connectivity index is 1.53. The summed E-state index contributed by atoms with van der Waals surface area (Å²) in [7, 11) is 0. The zero-order valence-corrected chi connectivity index (χ0v) is 15.7. The van der Waals surface area contributed by atoms with Gasteiger partial charge in [0, 0.05) is 23.9 Å². The third kappa shape index (κ3) is 1.62. The van der Waals surface area contributed by atoms with E-state index < -0.39 is 0 Å². The molecule has 2 heterocycles. The quantitative estimate of drug-likeness (QED) is 0.683. The highest BCUT2D eigenvalue weighted by molar-refractivity contribution is 5.28. The van der Waals surface area contributed by atoms with E-state index in [1.807, 2.05) is 0 Å². The Kier molecular flexibility index (Phi) is 2.95. The van der Waals surface area contributed by atoms with Gasteiger partial charge in [-0.25, -0.2) is 0 Å². The summed E-state index contributed by atoms with van der Waals surface area (Å²) in [6.45, 7) is 10.2. The first kappa shape index (κ1) is 15.7. The number of nitrogens with zero attached hydrogens (tertiary/aromatic N) is 1. The maximum absolute atomic E-state index is 11.3. The van der Waals surface area contributed by atoms with E-state index in [1.54, 1.807) is 0 Å². The average Bonchev–Trinajstić information content (AvgIpc) is 3.06. The number of piperidine rings is 1. The molecule has 7 aliphatic rings. The fourth-order valence-corrected chi connectivity index (χ4v) is 9.23. The molecule has 2 saturated heterocycles. The molecule has 1 N–H and O–H groups in total. The molecule has 0 aromatic carbocycles. The van der Waals surface area contributed by atoms with Crippen LogP contribution in [0.3, 0.4) is 0 Å². The predicted molar refractivity (Wildman–Crippen MR) is 96.8 cm³/mol. The fourth-order valence-electron chi connectivity index (χ4n) is 9.23. The molecule has 8 atom stereocenters. The number of rotatable bonds is 0. The van der Waals surface area contributed by atoms with Gasteiger partial charge in [0.15, 0.2) is 0 Å². The topological polar surface area (TPSA) is 32.7 Å². The van der Waals surface area contributed by atoms with E-state index in [0.717, 1.165) is 24.6 Å². The van der Waals surface area contributed by atoms with Crippen molar-refractivity contribution >= 4 is 0 Å². The van der Waals surface area contributed by atoms with Crippen LogP contribution in [-0.4, -0.2) is 42.0 Å². The van der Waals surface area contributed by atoms with Gasteiger partial charge < -0.3 is 9.84 Å². The third-order valence-corrected chi connectivity index (χ3v) is 10.00. The van der Waals surface area contributed by atoms with Crippen LogP contribution in [0.2, 0.25) is 0 Å². The molecule has 0 aromatic rings. The minimum absolute atomic E-state index is 0.107. The summed E-state index contributed by atoms with van der Waals surface area (Å²) in [5, 5.41) is 11.3. The Morgan fingerprint density at radius 3 is 2.88 bits per heavy atom. The van der Waals surface area contributed by atoms with E-state index in [0.29, 0.717) is 28.9 Å². The molecule has 138 valence electrons. The van der Waals surface area contributed by atoms with E-state index in [1.165, 1.54) is 57.9 Å². The van der Waals surface area contributed by atoms with Crippen molar-refractivity contribution in [3.05, 3.63) is 12.2 Å². The number of hydrogen-bond acceptors (Lipinski definition) is 3. The summed E-state index contributed by atoms with van der Waals surface area (Å²) in [5.41, 5.74) is 2.02. The van der Waals surface area contributed by atoms with Gasteiger partial charge in [0.1, 0.15) is 6.23 Å². The molecule has 0 unspecified atom stereocenters. The second-order valence-corrected chi connectivity index (χ2v) is 10.6. The summed E-state index contributed by atoms with van der Waals surface area (Å²) in [5.74, 6) is 1.99. The first-order valence-electron chi connectivity index (χ1n) is 10.7. The van der Waals surface area contributed by atoms with Crippen molar-refractivity contribution < 1.29 is 9.84 Å². The van der Waals surface area contributed by atoms with Crippen molar-refractivity contribution in [2.75, 3.05) is 19.7 Å². The Morgan fingerprint density at radius 2 is 2.00 bits per heavy atom. The predicted octanol–water partition coefficient (Wildman–Crippen LogP) is 3.58. The molecule has 7 rings (SSSR count). The molecule has 0 radical (unpaired) electrons. The first-order chi connectivity index (χ1) is 12.0. The summed E-state index contributed by atoms with van der Waals surface area (Å²) in [4.78, 5) is 2.69. The third-order valence-electron chi connectivity index (χ3n) is 10.00. The molecule has 0 aromatic heterocycles. The summed E-state index contributed by atoms with van der Waals surface area (Å²) < 4.78 is 6.49. The normalized spacial score (nSPS) is 60.1. The van der Waals surface area contributed by atoms with E-state index in [2.05, 4.69) is 18.4 Å². The SMILES string of the molecule is C=C1[C@@H]2CC[C@]3(CC[C@H]4[C@]5(C)CCC[C@]4([C@@H]3C2)[C@H]2OCCN2C5)[C@H]1O. The zero-order valence-electron chi connectivity index (χ0n) is 15.7. The number of fused-ring (bicyclic) bond motifs is 3. The van der Waals surface area contributed by atoms with Crippen LogP contribution in [0.1, 0.15) is 58.3 Å². The molecule has 3 heteroatoms. The zero-order chi connectivity index (χ0) is 17.0. The van der Waals surface area contributed by atoms with Crippen LogP contribution in [-0.2, 0) is 4.74 Å². The minimum Gasteiger partial charge on any atom is -0.388 e. The Bertz CT molecular complexity index is 634. The molecular formula is C22H33NO2. The van der Waals surface area contributed by atoms with Crippen molar-refractivity contribution in [1.29, 1.82) is 0 Å². The van der Waals surface area contributed by atoms with Gasteiger partial charge in [0.2, 0.25) is 0 Å². The van der Waals surface area contributed by atoms with Crippen molar-refractivity contribution in [2.45, 2.75) is 70.6 Å². The second-order valence-electron chi connectivity index (χ2n) is 10.6. The van der Waals surface area contributed by atoms with Crippen LogP contribution in [0.25, 0.3) is 0 Å². The number of ether oxygens (including phenoxy) is 1. The van der Waals surface area contributed by atoms with Gasteiger partial charge in [-0.05, 0) is 73.7 Å². The van der Waals surface area contributed by atoms with Gasteiger partial charge in [-0.15, -0.1) is 0 Å². The highest BCUT2D eigenvalue weighted by atomic mass is 16.5. The fraction of sp³-hybridized carbons (Fsp3) is 0.909. The van der Waals surface area contributed by atoms with Crippen LogP contribution in [0.5, 0.6) is 0 Å². The smallest absolute Gasteiger partial charge is 0.117 e. The summed E-state index contributed by atoms with van der Waals surface area (Å²) >= 11 is 0. The molecule has 25 heavy (non-hydrogen) atoms. The van der Waals surface area contributed by atoms with E-state index in [4.69, 9.17) is 4.74 Å². The lowest BCUT2D eigenvalue weighted by atomic mass is 9.34. The lowest BCUT2D eigenvalue weighted by Gasteiger charge is -2.73. The Hall–Kier alpha value is -0.380. The maximum Gasteiger partial charge on any atom is 0.117 e. The highest BCUT2D eigenvalue weighted by Gasteiger charge is 2.73. The van der Waals surface area contributed by atoms with Gasteiger partial charge in [0.25, 0.3) is 0 Å². The van der Waals surface area contributed by atoms with Crippen LogP contribution in [0, 0.1) is 34.0 Å². The molecule has 5 aliphatic carbocycles. The molecule has 4 bridgehead atoms. The van der Waals surface area contributed by atoms with Crippen molar-refractivity contribution in [1.82, 2.24) is 4.90 Å². The van der Waals surface area contributed by atoms with Gasteiger partial charge in [0.05, 0.1) is 12.7 Å². The lowest BCUT2D eigenvalue weighted by molar-refractivity contribution is -0.290. The highest BCUT2D eigenvalue weighted by Crippen LogP contribution is 2.75. The van der Waals surface area contributed by atoms with E-state index >= 15 is 0 Å². The van der Waals surface area contributed by atoms with E-state index in [-0.39, 0.29) is 11.5 Å². The monoisotopic (exact) mass is 343 g/mol. The largest absolute Gasteiger partial charge is 0.388 e. The van der Waals surface area contributed by atoms with Crippen molar-refractivity contribution in [2.24, 2.45) is 34.0 Å².